The van der Waals surface area contributed by atoms with Gasteiger partial charge >= 0.3 is 0 Å². The fourth-order valence-corrected chi connectivity index (χ4v) is 1.91. The van der Waals surface area contributed by atoms with E-state index < -0.39 is 0 Å². The summed E-state index contributed by atoms with van der Waals surface area (Å²) in [4.78, 5) is 13.2. The number of nitrogens with zero attached hydrogens (tertiary/aromatic N) is 3. The fourth-order valence-electron chi connectivity index (χ4n) is 1.91. The van der Waals surface area contributed by atoms with Crippen LogP contribution in [0.1, 0.15) is 5.56 Å². The number of methoxy groups -OCH3 is 1. The average Bonchev–Trinajstić information content (AvgIpc) is 2.86. The Balaban J connectivity index is 2.24. The lowest BCUT2D eigenvalue weighted by atomic mass is 10.1. The van der Waals surface area contributed by atoms with Crippen molar-refractivity contribution in [1.82, 2.24) is 14.7 Å². The number of carbonyl (C=O) groups excluding carboxylic acids is 1. The number of benzene rings is 1. The molecule has 0 aliphatic rings. The SMILES string of the molecule is COc1cc(C)cc(-c2cnn(CC(=O)N(C)C)c2)c1. The molecule has 2 aromatic rings. The highest BCUT2D eigenvalue weighted by Gasteiger charge is 2.08. The highest BCUT2D eigenvalue weighted by Crippen LogP contribution is 2.25. The molecule has 0 atom stereocenters. The number of likely N-dealkylation sites (N-methyl/N-ethyl adjacent to an activating group) is 1. The molecular formula is C15H19N3O2. The van der Waals surface area contributed by atoms with Gasteiger partial charge in [0.1, 0.15) is 12.3 Å². The molecule has 20 heavy (non-hydrogen) atoms. The molecule has 0 aliphatic carbocycles. The summed E-state index contributed by atoms with van der Waals surface area (Å²) in [6.45, 7) is 2.27. The predicted octanol–water partition coefficient (Wildman–Crippen LogP) is 1.96. The second-order valence-corrected chi connectivity index (χ2v) is 4.95. The first kappa shape index (κ1) is 14.1. The number of hydrogen-bond donors (Lipinski definition) is 0. The standard InChI is InChI=1S/C15H19N3O2/c1-11-5-12(7-14(6-11)20-4)13-8-16-18(9-13)10-15(19)17(2)3/h5-9H,10H2,1-4H3. The van der Waals surface area contributed by atoms with Crippen LogP contribution in [0.25, 0.3) is 11.1 Å². The maximum atomic E-state index is 11.7. The van der Waals surface area contributed by atoms with E-state index in [1.807, 2.05) is 25.3 Å². The van der Waals surface area contributed by atoms with E-state index in [2.05, 4.69) is 11.2 Å². The van der Waals surface area contributed by atoms with E-state index in [4.69, 9.17) is 4.74 Å². The Morgan fingerprint density at radius 1 is 1.30 bits per heavy atom. The summed E-state index contributed by atoms with van der Waals surface area (Å²) in [7, 11) is 5.12. The summed E-state index contributed by atoms with van der Waals surface area (Å²) >= 11 is 0. The quantitative estimate of drug-likeness (QED) is 0.855. The molecule has 0 bridgehead atoms. The molecule has 0 saturated heterocycles. The highest BCUT2D eigenvalue weighted by atomic mass is 16.5. The lowest BCUT2D eigenvalue weighted by molar-refractivity contribution is -0.129. The van der Waals surface area contributed by atoms with E-state index in [1.54, 1.807) is 37.0 Å². The third-order valence-corrected chi connectivity index (χ3v) is 3.05. The molecule has 106 valence electrons. The van der Waals surface area contributed by atoms with E-state index in [9.17, 15) is 4.79 Å². The largest absolute Gasteiger partial charge is 0.497 e. The normalized spacial score (nSPS) is 10.4. The van der Waals surface area contributed by atoms with Crippen LogP contribution in [-0.2, 0) is 11.3 Å². The zero-order valence-electron chi connectivity index (χ0n) is 12.3. The number of carbonyl (C=O) groups is 1. The molecule has 2 rings (SSSR count). The Kier molecular flexibility index (Phi) is 4.08. The van der Waals surface area contributed by atoms with E-state index in [0.29, 0.717) is 0 Å². The van der Waals surface area contributed by atoms with Gasteiger partial charge < -0.3 is 9.64 Å². The van der Waals surface area contributed by atoms with Crippen molar-refractivity contribution in [2.75, 3.05) is 21.2 Å². The number of hydrogen-bond acceptors (Lipinski definition) is 3. The number of amides is 1. The van der Waals surface area contributed by atoms with Crippen LogP contribution in [0, 0.1) is 6.92 Å². The lowest BCUT2D eigenvalue weighted by Crippen LogP contribution is -2.26. The van der Waals surface area contributed by atoms with Crippen LogP contribution in [-0.4, -0.2) is 41.8 Å². The van der Waals surface area contributed by atoms with Gasteiger partial charge in [-0.15, -0.1) is 0 Å². The van der Waals surface area contributed by atoms with Crippen molar-refractivity contribution in [1.29, 1.82) is 0 Å². The van der Waals surface area contributed by atoms with Crippen molar-refractivity contribution in [2.24, 2.45) is 0 Å². The molecule has 1 amide bonds. The van der Waals surface area contributed by atoms with Crippen molar-refractivity contribution < 1.29 is 9.53 Å². The van der Waals surface area contributed by atoms with Gasteiger partial charge in [-0.05, 0) is 30.2 Å². The van der Waals surface area contributed by atoms with Crippen LogP contribution >= 0.6 is 0 Å². The molecule has 0 fully saturated rings. The van der Waals surface area contributed by atoms with Crippen LogP contribution in [0.5, 0.6) is 5.75 Å². The molecule has 1 heterocycles. The van der Waals surface area contributed by atoms with E-state index >= 15 is 0 Å². The molecule has 1 aromatic carbocycles. The Hall–Kier alpha value is -2.30. The lowest BCUT2D eigenvalue weighted by Gasteiger charge is -2.09. The van der Waals surface area contributed by atoms with Gasteiger partial charge in [0.15, 0.2) is 0 Å². The monoisotopic (exact) mass is 273 g/mol. The molecule has 0 unspecified atom stereocenters. The van der Waals surface area contributed by atoms with Gasteiger partial charge in [-0.3, -0.25) is 9.48 Å². The molecule has 0 saturated carbocycles. The van der Waals surface area contributed by atoms with Crippen molar-refractivity contribution >= 4 is 5.91 Å². The van der Waals surface area contributed by atoms with E-state index in [-0.39, 0.29) is 12.5 Å². The first-order chi connectivity index (χ1) is 9.49. The van der Waals surface area contributed by atoms with Gasteiger partial charge in [-0.25, -0.2) is 0 Å². The Morgan fingerprint density at radius 2 is 2.05 bits per heavy atom. The number of rotatable bonds is 4. The zero-order chi connectivity index (χ0) is 14.7. The van der Waals surface area contributed by atoms with Gasteiger partial charge in [0, 0.05) is 25.9 Å². The molecule has 0 radical (unpaired) electrons. The first-order valence-electron chi connectivity index (χ1n) is 6.38. The van der Waals surface area contributed by atoms with Gasteiger partial charge in [0.2, 0.25) is 5.91 Å². The minimum atomic E-state index is 0.0153. The molecule has 5 nitrogen and oxygen atoms in total. The first-order valence-corrected chi connectivity index (χ1v) is 6.38. The topological polar surface area (TPSA) is 47.4 Å². The summed E-state index contributed by atoms with van der Waals surface area (Å²) in [5.41, 5.74) is 3.13. The number of aromatic nitrogens is 2. The minimum Gasteiger partial charge on any atom is -0.497 e. The van der Waals surface area contributed by atoms with Gasteiger partial charge in [0.05, 0.1) is 13.3 Å². The van der Waals surface area contributed by atoms with Gasteiger partial charge in [-0.2, -0.15) is 5.10 Å². The van der Waals surface area contributed by atoms with Crippen LogP contribution in [0.15, 0.2) is 30.6 Å². The predicted molar refractivity (Wildman–Crippen MR) is 77.6 cm³/mol. The third-order valence-electron chi connectivity index (χ3n) is 3.05. The fraction of sp³-hybridized carbons (Fsp3) is 0.333. The molecule has 5 heteroatoms. The Bertz CT molecular complexity index is 617. The summed E-state index contributed by atoms with van der Waals surface area (Å²) in [5.74, 6) is 0.832. The second-order valence-electron chi connectivity index (χ2n) is 4.95. The smallest absolute Gasteiger partial charge is 0.243 e. The molecule has 0 aliphatic heterocycles. The van der Waals surface area contributed by atoms with Gasteiger partial charge in [0.25, 0.3) is 0 Å². The maximum absolute atomic E-state index is 11.7. The highest BCUT2D eigenvalue weighted by molar-refractivity contribution is 5.75. The number of ether oxygens (including phenoxy) is 1. The average molecular weight is 273 g/mol. The Labute approximate surface area is 118 Å². The van der Waals surface area contributed by atoms with Crippen molar-refractivity contribution in [2.45, 2.75) is 13.5 Å². The molecular weight excluding hydrogens is 254 g/mol. The third kappa shape index (κ3) is 3.17. The van der Waals surface area contributed by atoms with Crippen LogP contribution in [0.2, 0.25) is 0 Å². The Morgan fingerprint density at radius 3 is 2.70 bits per heavy atom. The van der Waals surface area contributed by atoms with Crippen molar-refractivity contribution in [3.05, 3.63) is 36.2 Å². The second kappa shape index (κ2) is 5.77. The van der Waals surface area contributed by atoms with Crippen molar-refractivity contribution in [3.8, 4) is 16.9 Å². The van der Waals surface area contributed by atoms with Gasteiger partial charge in [-0.1, -0.05) is 6.07 Å². The summed E-state index contributed by atoms with van der Waals surface area (Å²) in [5, 5.41) is 4.23. The maximum Gasteiger partial charge on any atom is 0.243 e. The van der Waals surface area contributed by atoms with Crippen LogP contribution in [0.4, 0.5) is 0 Å². The van der Waals surface area contributed by atoms with E-state index in [1.165, 1.54) is 0 Å². The van der Waals surface area contributed by atoms with E-state index in [0.717, 1.165) is 22.4 Å². The minimum absolute atomic E-state index is 0.0153. The molecule has 0 N–H and O–H groups in total. The zero-order valence-corrected chi connectivity index (χ0v) is 12.3. The summed E-state index contributed by atoms with van der Waals surface area (Å²) < 4.78 is 6.92. The number of aryl methyl sites for hydroxylation is 1. The summed E-state index contributed by atoms with van der Waals surface area (Å²) in [6.07, 6.45) is 3.63. The summed E-state index contributed by atoms with van der Waals surface area (Å²) in [6, 6.07) is 6.00. The van der Waals surface area contributed by atoms with Crippen LogP contribution < -0.4 is 4.74 Å². The molecule has 0 spiro atoms. The molecule has 1 aromatic heterocycles. The van der Waals surface area contributed by atoms with Crippen LogP contribution in [0.3, 0.4) is 0 Å². The van der Waals surface area contributed by atoms with Crippen molar-refractivity contribution in [3.63, 3.8) is 0 Å².